The fraction of sp³-hybridized carbons (Fsp3) is 0.467. The van der Waals surface area contributed by atoms with Crippen molar-refractivity contribution in [1.29, 1.82) is 0 Å². The van der Waals surface area contributed by atoms with Crippen LogP contribution in [0.3, 0.4) is 0 Å². The average molecular weight is 310 g/mol. The molecule has 1 aromatic carbocycles. The van der Waals surface area contributed by atoms with Crippen LogP contribution in [0.4, 0.5) is 0 Å². The Morgan fingerprint density at radius 1 is 1.50 bits per heavy atom. The number of benzene rings is 1. The molecule has 18 heavy (non-hydrogen) atoms. The summed E-state index contributed by atoms with van der Waals surface area (Å²) in [6, 6.07) is 6.74. The summed E-state index contributed by atoms with van der Waals surface area (Å²) in [6.45, 7) is 3.90. The molecule has 0 bridgehead atoms. The van der Waals surface area contributed by atoms with E-state index in [1.54, 1.807) is 0 Å². The van der Waals surface area contributed by atoms with Gasteiger partial charge in [0.2, 0.25) is 0 Å². The number of halogens is 1. The van der Waals surface area contributed by atoms with E-state index in [0.717, 1.165) is 42.6 Å². The number of allylic oxidation sites excluding steroid dienone is 1. The van der Waals surface area contributed by atoms with Crippen LogP contribution >= 0.6 is 15.9 Å². The third-order valence-electron chi connectivity index (χ3n) is 3.18. The lowest BCUT2D eigenvalue weighted by Crippen LogP contribution is -2.21. The lowest BCUT2D eigenvalue weighted by Gasteiger charge is -2.18. The maximum absolute atomic E-state index is 5.80. The highest BCUT2D eigenvalue weighted by molar-refractivity contribution is 9.10. The van der Waals surface area contributed by atoms with Crippen molar-refractivity contribution >= 4 is 15.9 Å². The molecule has 1 heterocycles. The Bertz CT molecular complexity index is 417. The van der Waals surface area contributed by atoms with Crippen LogP contribution in [0.1, 0.15) is 37.8 Å². The smallest absolute Gasteiger partial charge is 0.125 e. The van der Waals surface area contributed by atoms with E-state index in [9.17, 15) is 0 Å². The molecule has 98 valence electrons. The number of hydrogen-bond donors (Lipinski definition) is 1. The fourth-order valence-electron chi connectivity index (χ4n) is 2.27. The highest BCUT2D eigenvalue weighted by atomic mass is 79.9. The zero-order chi connectivity index (χ0) is 12.8. The van der Waals surface area contributed by atoms with Gasteiger partial charge in [-0.15, -0.1) is 0 Å². The first-order valence-corrected chi connectivity index (χ1v) is 7.37. The van der Waals surface area contributed by atoms with Gasteiger partial charge in [0.1, 0.15) is 5.75 Å². The maximum atomic E-state index is 5.80. The summed E-state index contributed by atoms with van der Waals surface area (Å²) in [4.78, 5) is 0. The van der Waals surface area contributed by atoms with Gasteiger partial charge in [0.25, 0.3) is 0 Å². The van der Waals surface area contributed by atoms with Gasteiger partial charge in [0.15, 0.2) is 0 Å². The highest BCUT2D eigenvalue weighted by Crippen LogP contribution is 2.33. The maximum Gasteiger partial charge on any atom is 0.125 e. The lowest BCUT2D eigenvalue weighted by atomic mass is 10.0. The Morgan fingerprint density at radius 3 is 3.22 bits per heavy atom. The largest absolute Gasteiger partial charge is 0.493 e. The molecule has 1 N–H and O–H groups in total. The summed E-state index contributed by atoms with van der Waals surface area (Å²) >= 11 is 3.50. The van der Waals surface area contributed by atoms with Crippen LogP contribution in [0, 0.1) is 0 Å². The van der Waals surface area contributed by atoms with Crippen LogP contribution in [0.15, 0.2) is 34.8 Å². The fourth-order valence-corrected chi connectivity index (χ4v) is 2.61. The van der Waals surface area contributed by atoms with E-state index >= 15 is 0 Å². The summed E-state index contributed by atoms with van der Waals surface area (Å²) in [5, 5.41) is 3.63. The molecule has 0 aromatic heterocycles. The molecule has 0 aliphatic carbocycles. The molecule has 2 rings (SSSR count). The van der Waals surface area contributed by atoms with Crippen LogP contribution in [0.5, 0.6) is 5.75 Å². The molecule has 0 radical (unpaired) electrons. The number of nitrogens with one attached hydrogen (secondary N) is 1. The average Bonchev–Trinajstić information content (AvgIpc) is 2.56. The van der Waals surface area contributed by atoms with Crippen LogP contribution in [-0.4, -0.2) is 13.2 Å². The quantitative estimate of drug-likeness (QED) is 0.664. The van der Waals surface area contributed by atoms with Crippen molar-refractivity contribution in [3.8, 4) is 5.75 Å². The molecule has 3 heteroatoms. The lowest BCUT2D eigenvalue weighted by molar-refractivity contribution is 0.315. The van der Waals surface area contributed by atoms with Gasteiger partial charge in [-0.05, 0) is 44.9 Å². The first-order chi connectivity index (χ1) is 8.81. The van der Waals surface area contributed by atoms with Crippen LogP contribution < -0.4 is 10.1 Å². The molecule has 0 spiro atoms. The number of ether oxygens (including phenoxy) is 1. The predicted molar refractivity (Wildman–Crippen MR) is 79.0 cm³/mol. The summed E-state index contributed by atoms with van der Waals surface area (Å²) in [5.74, 6) is 1.02. The molecular formula is C15H20BrNO. The van der Waals surface area contributed by atoms with E-state index in [-0.39, 0.29) is 0 Å². The van der Waals surface area contributed by atoms with Crippen LogP contribution in [0.25, 0.3) is 0 Å². The van der Waals surface area contributed by atoms with Crippen molar-refractivity contribution in [2.45, 2.75) is 32.2 Å². The SMILES string of the molecule is C/C=C/CCNC1CCCOc2cc(Br)ccc21. The molecule has 1 atom stereocenters. The van der Waals surface area contributed by atoms with Crippen molar-refractivity contribution < 1.29 is 4.74 Å². The zero-order valence-corrected chi connectivity index (χ0v) is 12.4. The van der Waals surface area contributed by atoms with Gasteiger partial charge in [0, 0.05) is 16.1 Å². The van der Waals surface area contributed by atoms with Crippen molar-refractivity contribution in [3.63, 3.8) is 0 Å². The second-order valence-electron chi connectivity index (χ2n) is 4.54. The Labute approximate surface area is 118 Å². The Hall–Kier alpha value is -0.800. The predicted octanol–water partition coefficient (Wildman–Crippen LogP) is 4.22. The Balaban J connectivity index is 2.07. The van der Waals surface area contributed by atoms with E-state index in [1.807, 2.05) is 0 Å². The second kappa shape index (κ2) is 6.95. The molecule has 1 aromatic rings. The first kappa shape index (κ1) is 13.6. The zero-order valence-electron chi connectivity index (χ0n) is 10.8. The minimum atomic E-state index is 0.417. The Morgan fingerprint density at radius 2 is 2.39 bits per heavy atom. The molecule has 1 aliphatic heterocycles. The van der Waals surface area contributed by atoms with Gasteiger partial charge in [-0.25, -0.2) is 0 Å². The van der Waals surface area contributed by atoms with Crippen LogP contribution in [-0.2, 0) is 0 Å². The molecule has 0 fully saturated rings. The summed E-state index contributed by atoms with van der Waals surface area (Å²) in [6.07, 6.45) is 7.63. The number of hydrogen-bond acceptors (Lipinski definition) is 2. The molecule has 1 aliphatic rings. The summed E-state index contributed by atoms with van der Waals surface area (Å²) in [7, 11) is 0. The van der Waals surface area contributed by atoms with E-state index in [2.05, 4.69) is 58.5 Å². The summed E-state index contributed by atoms with van der Waals surface area (Å²) < 4.78 is 6.88. The van der Waals surface area contributed by atoms with Gasteiger partial charge >= 0.3 is 0 Å². The third kappa shape index (κ3) is 3.59. The topological polar surface area (TPSA) is 21.3 Å². The first-order valence-electron chi connectivity index (χ1n) is 6.58. The monoisotopic (exact) mass is 309 g/mol. The molecule has 1 unspecified atom stereocenters. The van der Waals surface area contributed by atoms with Gasteiger partial charge in [-0.3, -0.25) is 0 Å². The van der Waals surface area contributed by atoms with Gasteiger partial charge in [-0.2, -0.15) is 0 Å². The van der Waals surface area contributed by atoms with Gasteiger partial charge < -0.3 is 10.1 Å². The highest BCUT2D eigenvalue weighted by Gasteiger charge is 2.18. The van der Waals surface area contributed by atoms with Crippen molar-refractivity contribution in [3.05, 3.63) is 40.4 Å². The van der Waals surface area contributed by atoms with E-state index in [1.165, 1.54) is 5.56 Å². The summed E-state index contributed by atoms with van der Waals surface area (Å²) in [5.41, 5.74) is 1.29. The normalized spacial score (nSPS) is 19.3. The van der Waals surface area contributed by atoms with E-state index in [0.29, 0.717) is 6.04 Å². The number of fused-ring (bicyclic) bond motifs is 1. The molecule has 0 saturated heterocycles. The minimum absolute atomic E-state index is 0.417. The molecular weight excluding hydrogens is 290 g/mol. The molecule has 0 saturated carbocycles. The number of rotatable bonds is 4. The van der Waals surface area contributed by atoms with Crippen molar-refractivity contribution in [2.75, 3.05) is 13.2 Å². The molecule has 0 amide bonds. The Kier molecular flexibility index (Phi) is 5.26. The van der Waals surface area contributed by atoms with Crippen LogP contribution in [0.2, 0.25) is 0 Å². The minimum Gasteiger partial charge on any atom is -0.493 e. The molecule has 2 nitrogen and oxygen atoms in total. The third-order valence-corrected chi connectivity index (χ3v) is 3.68. The van der Waals surface area contributed by atoms with E-state index in [4.69, 9.17) is 4.74 Å². The van der Waals surface area contributed by atoms with Gasteiger partial charge in [-0.1, -0.05) is 34.1 Å². The van der Waals surface area contributed by atoms with Crippen molar-refractivity contribution in [2.24, 2.45) is 0 Å². The van der Waals surface area contributed by atoms with Crippen molar-refractivity contribution in [1.82, 2.24) is 5.32 Å². The second-order valence-corrected chi connectivity index (χ2v) is 5.45. The van der Waals surface area contributed by atoms with E-state index < -0.39 is 0 Å². The standard InChI is InChI=1S/C15H20BrNO/c1-2-3-4-9-17-14-6-5-10-18-15-11-12(16)7-8-13(14)15/h2-3,7-8,11,14,17H,4-6,9-10H2,1H3/b3-2+. The van der Waals surface area contributed by atoms with Gasteiger partial charge in [0.05, 0.1) is 6.61 Å².